The van der Waals surface area contributed by atoms with Gasteiger partial charge in [0.2, 0.25) is 10.0 Å². The number of benzene rings is 1. The van der Waals surface area contributed by atoms with Gasteiger partial charge in [-0.1, -0.05) is 63.6 Å². The highest BCUT2D eigenvalue weighted by Crippen LogP contribution is 2.17. The summed E-state index contributed by atoms with van der Waals surface area (Å²) < 4.78 is 22.9. The van der Waals surface area contributed by atoms with Crippen LogP contribution in [-0.2, 0) is 16.4 Å². The highest BCUT2D eigenvalue weighted by Gasteiger charge is 2.12. The Bertz CT molecular complexity index is 469. The molecule has 0 aliphatic carbocycles. The Morgan fingerprint density at radius 2 is 1.53 bits per heavy atom. The third-order valence-electron chi connectivity index (χ3n) is 3.33. The maximum Gasteiger partial charge on any atom is 0.238 e. The highest BCUT2D eigenvalue weighted by molar-refractivity contribution is 7.89. The largest absolute Gasteiger partial charge is 0.238 e. The first-order chi connectivity index (χ1) is 9.05. The molecule has 1 rings (SSSR count). The predicted octanol–water partition coefficient (Wildman–Crippen LogP) is 3.63. The second kappa shape index (κ2) is 8.33. The molecule has 0 aliphatic heterocycles. The SMILES string of the molecule is CCCCCCCCCc1ccccc1S(N)(=O)=O. The van der Waals surface area contributed by atoms with Crippen molar-refractivity contribution in [1.29, 1.82) is 0 Å². The van der Waals surface area contributed by atoms with Crippen LogP contribution in [0.25, 0.3) is 0 Å². The van der Waals surface area contributed by atoms with Crippen molar-refractivity contribution in [3.63, 3.8) is 0 Å². The molecule has 1 aromatic carbocycles. The van der Waals surface area contributed by atoms with E-state index in [4.69, 9.17) is 5.14 Å². The Hall–Kier alpha value is -0.870. The summed E-state index contributed by atoms with van der Waals surface area (Å²) in [5.74, 6) is 0. The van der Waals surface area contributed by atoms with Crippen molar-refractivity contribution in [3.05, 3.63) is 29.8 Å². The normalized spacial score (nSPS) is 11.7. The number of nitrogens with two attached hydrogens (primary N) is 1. The first-order valence-electron chi connectivity index (χ1n) is 7.16. The lowest BCUT2D eigenvalue weighted by Gasteiger charge is -2.07. The average molecular weight is 283 g/mol. The molecule has 0 spiro atoms. The van der Waals surface area contributed by atoms with Gasteiger partial charge in [-0.25, -0.2) is 13.6 Å². The fourth-order valence-electron chi connectivity index (χ4n) is 2.26. The van der Waals surface area contributed by atoms with Crippen molar-refractivity contribution in [1.82, 2.24) is 0 Å². The number of hydrogen-bond acceptors (Lipinski definition) is 2. The van der Waals surface area contributed by atoms with Gasteiger partial charge < -0.3 is 0 Å². The molecule has 0 atom stereocenters. The van der Waals surface area contributed by atoms with E-state index < -0.39 is 10.0 Å². The molecule has 0 aliphatic rings. The Morgan fingerprint density at radius 1 is 0.947 bits per heavy atom. The Labute approximate surface area is 117 Å². The van der Waals surface area contributed by atoms with E-state index in [1.807, 2.05) is 12.1 Å². The van der Waals surface area contributed by atoms with E-state index in [0.29, 0.717) is 0 Å². The molecule has 0 bridgehead atoms. The molecular formula is C15H25NO2S. The molecule has 0 aromatic heterocycles. The Morgan fingerprint density at radius 3 is 2.16 bits per heavy atom. The topological polar surface area (TPSA) is 60.2 Å². The van der Waals surface area contributed by atoms with Crippen LogP contribution in [0, 0.1) is 0 Å². The van der Waals surface area contributed by atoms with Crippen LogP contribution in [-0.4, -0.2) is 8.42 Å². The van der Waals surface area contributed by atoms with Crippen LogP contribution in [0.4, 0.5) is 0 Å². The maximum atomic E-state index is 11.4. The van der Waals surface area contributed by atoms with Gasteiger partial charge in [0.05, 0.1) is 4.90 Å². The molecule has 2 N–H and O–H groups in total. The first kappa shape index (κ1) is 16.2. The molecule has 3 nitrogen and oxygen atoms in total. The van der Waals surface area contributed by atoms with Crippen LogP contribution in [0.3, 0.4) is 0 Å². The lowest BCUT2D eigenvalue weighted by atomic mass is 10.0. The summed E-state index contributed by atoms with van der Waals surface area (Å²) in [5.41, 5.74) is 0.846. The first-order valence-corrected chi connectivity index (χ1v) is 8.71. The quantitative estimate of drug-likeness (QED) is 0.703. The van der Waals surface area contributed by atoms with Crippen molar-refractivity contribution < 1.29 is 8.42 Å². The minimum absolute atomic E-state index is 0.279. The number of hydrogen-bond donors (Lipinski definition) is 1. The molecule has 0 amide bonds. The molecule has 108 valence electrons. The summed E-state index contributed by atoms with van der Waals surface area (Å²) in [6, 6.07) is 7.03. The summed E-state index contributed by atoms with van der Waals surface area (Å²) in [6.07, 6.45) is 9.38. The zero-order chi connectivity index (χ0) is 14.1. The van der Waals surface area contributed by atoms with Crippen LogP contribution in [0.5, 0.6) is 0 Å². The van der Waals surface area contributed by atoms with E-state index in [0.717, 1.165) is 24.8 Å². The third kappa shape index (κ3) is 6.21. The molecule has 0 radical (unpaired) electrons. The van der Waals surface area contributed by atoms with Gasteiger partial charge >= 0.3 is 0 Å². The highest BCUT2D eigenvalue weighted by atomic mass is 32.2. The van der Waals surface area contributed by atoms with Crippen LogP contribution < -0.4 is 5.14 Å². The molecule has 19 heavy (non-hydrogen) atoms. The van der Waals surface area contributed by atoms with Gasteiger partial charge in [0.1, 0.15) is 0 Å². The van der Waals surface area contributed by atoms with Crippen molar-refractivity contribution in [2.75, 3.05) is 0 Å². The minimum atomic E-state index is -3.59. The lowest BCUT2D eigenvalue weighted by Crippen LogP contribution is -2.14. The van der Waals surface area contributed by atoms with Crippen molar-refractivity contribution in [2.24, 2.45) is 5.14 Å². The molecule has 4 heteroatoms. The molecular weight excluding hydrogens is 258 g/mol. The summed E-state index contributed by atoms with van der Waals surface area (Å²) >= 11 is 0. The molecule has 0 unspecified atom stereocenters. The van der Waals surface area contributed by atoms with Crippen LogP contribution >= 0.6 is 0 Å². The number of aryl methyl sites for hydroxylation is 1. The monoisotopic (exact) mass is 283 g/mol. The molecule has 0 fully saturated rings. The molecule has 0 heterocycles. The van der Waals surface area contributed by atoms with E-state index in [1.54, 1.807) is 12.1 Å². The van der Waals surface area contributed by atoms with Crippen LogP contribution in [0.1, 0.15) is 57.4 Å². The van der Waals surface area contributed by atoms with Gasteiger partial charge in [0.25, 0.3) is 0 Å². The van der Waals surface area contributed by atoms with E-state index >= 15 is 0 Å². The van der Waals surface area contributed by atoms with E-state index in [2.05, 4.69) is 6.92 Å². The van der Waals surface area contributed by atoms with Crippen molar-refractivity contribution in [3.8, 4) is 0 Å². The number of rotatable bonds is 9. The fraction of sp³-hybridized carbons (Fsp3) is 0.600. The Balaban J connectivity index is 2.38. The third-order valence-corrected chi connectivity index (χ3v) is 4.34. The average Bonchev–Trinajstić information content (AvgIpc) is 2.37. The van der Waals surface area contributed by atoms with Gasteiger partial charge in [-0.3, -0.25) is 0 Å². The van der Waals surface area contributed by atoms with Gasteiger partial charge in [0.15, 0.2) is 0 Å². The maximum absolute atomic E-state index is 11.4. The Kier molecular flexibility index (Phi) is 7.10. The van der Waals surface area contributed by atoms with Gasteiger partial charge in [0, 0.05) is 0 Å². The van der Waals surface area contributed by atoms with E-state index in [9.17, 15) is 8.42 Å². The molecule has 1 aromatic rings. The standard InChI is InChI=1S/C15H25NO2S/c1-2-3-4-5-6-7-8-11-14-12-9-10-13-15(14)19(16,17)18/h9-10,12-13H,2-8,11H2,1H3,(H2,16,17,18). The summed E-state index contributed by atoms with van der Waals surface area (Å²) in [4.78, 5) is 0.279. The zero-order valence-electron chi connectivity index (χ0n) is 11.8. The van der Waals surface area contributed by atoms with Gasteiger partial charge in [-0.2, -0.15) is 0 Å². The molecule has 0 saturated heterocycles. The summed E-state index contributed by atoms with van der Waals surface area (Å²) in [5, 5.41) is 5.22. The predicted molar refractivity (Wildman–Crippen MR) is 79.5 cm³/mol. The summed E-state index contributed by atoms with van der Waals surface area (Å²) in [7, 11) is -3.59. The number of primary sulfonamides is 1. The zero-order valence-corrected chi connectivity index (χ0v) is 12.6. The smallest absolute Gasteiger partial charge is 0.225 e. The van der Waals surface area contributed by atoms with Crippen LogP contribution in [0.15, 0.2) is 29.2 Å². The lowest BCUT2D eigenvalue weighted by molar-refractivity contribution is 0.584. The van der Waals surface area contributed by atoms with Gasteiger partial charge in [-0.05, 0) is 24.5 Å². The van der Waals surface area contributed by atoms with E-state index in [1.165, 1.54) is 32.1 Å². The van der Waals surface area contributed by atoms with Crippen molar-refractivity contribution >= 4 is 10.0 Å². The van der Waals surface area contributed by atoms with E-state index in [-0.39, 0.29) is 4.90 Å². The van der Waals surface area contributed by atoms with Gasteiger partial charge in [-0.15, -0.1) is 0 Å². The summed E-state index contributed by atoms with van der Waals surface area (Å²) in [6.45, 7) is 2.21. The molecule has 0 saturated carbocycles. The number of sulfonamides is 1. The minimum Gasteiger partial charge on any atom is -0.225 e. The second-order valence-corrected chi connectivity index (χ2v) is 6.55. The second-order valence-electron chi connectivity index (χ2n) is 5.02. The number of unbranched alkanes of at least 4 members (excludes halogenated alkanes) is 6. The fourth-order valence-corrected chi connectivity index (χ4v) is 3.06. The van der Waals surface area contributed by atoms with Crippen molar-refractivity contribution in [2.45, 2.75) is 63.2 Å². The van der Waals surface area contributed by atoms with Crippen LogP contribution in [0.2, 0.25) is 0 Å².